The molecule has 1 aromatic carbocycles. The third kappa shape index (κ3) is 4.00. The van der Waals surface area contributed by atoms with Crippen molar-refractivity contribution in [3.63, 3.8) is 0 Å². The van der Waals surface area contributed by atoms with Gasteiger partial charge in [-0.25, -0.2) is 12.7 Å². The van der Waals surface area contributed by atoms with E-state index in [1.807, 2.05) is 36.2 Å². The first-order valence-electron chi connectivity index (χ1n) is 11.2. The lowest BCUT2D eigenvalue weighted by Gasteiger charge is -2.19. The van der Waals surface area contributed by atoms with Gasteiger partial charge in [0.2, 0.25) is 10.0 Å². The molecular formula is C24H29N5O2S2. The highest BCUT2D eigenvalue weighted by atomic mass is 32.2. The fourth-order valence-corrected chi connectivity index (χ4v) is 6.48. The summed E-state index contributed by atoms with van der Waals surface area (Å²) >= 11 is 2.00. The summed E-state index contributed by atoms with van der Waals surface area (Å²) in [6, 6.07) is 11.0. The van der Waals surface area contributed by atoms with Gasteiger partial charge in [0.25, 0.3) is 0 Å². The van der Waals surface area contributed by atoms with Crippen LogP contribution in [-0.2, 0) is 28.4 Å². The maximum absolute atomic E-state index is 12.3. The zero-order valence-electron chi connectivity index (χ0n) is 19.4. The minimum Gasteiger partial charge on any atom is -0.313 e. The number of pyridine rings is 1. The zero-order valence-corrected chi connectivity index (χ0v) is 21.1. The van der Waals surface area contributed by atoms with Crippen molar-refractivity contribution in [1.29, 1.82) is 0 Å². The van der Waals surface area contributed by atoms with Gasteiger partial charge in [0.15, 0.2) is 0 Å². The van der Waals surface area contributed by atoms with Gasteiger partial charge in [0, 0.05) is 49.3 Å². The van der Waals surface area contributed by atoms with E-state index in [-0.39, 0.29) is 15.1 Å². The fraction of sp³-hybridized carbons (Fsp3) is 0.458. The maximum Gasteiger partial charge on any atom is 0.242 e. The van der Waals surface area contributed by atoms with Crippen LogP contribution in [-0.4, -0.2) is 57.1 Å². The Labute approximate surface area is 199 Å². The molecule has 1 aliphatic heterocycles. The van der Waals surface area contributed by atoms with Crippen LogP contribution in [0, 0.1) is 0 Å². The minimum absolute atomic E-state index is 0.0976. The average molecular weight is 484 g/mol. The van der Waals surface area contributed by atoms with E-state index in [4.69, 9.17) is 4.98 Å². The highest BCUT2D eigenvalue weighted by Crippen LogP contribution is 2.53. The van der Waals surface area contributed by atoms with Crippen molar-refractivity contribution in [1.82, 2.24) is 24.1 Å². The standard InChI is InChI=1S/C24H29N5O2S2/c1-23(2)15-21-26-27-22(29(21)13-14-32-23)24(11-12-24)18-7-10-20(25-16-18)17-5-8-19(9-6-17)33(30,31)28(3)4/h5-10,16H,11-15H2,1-4H3. The summed E-state index contributed by atoms with van der Waals surface area (Å²) in [5.41, 5.74) is 2.78. The summed E-state index contributed by atoms with van der Waals surface area (Å²) in [5.74, 6) is 3.23. The highest BCUT2D eigenvalue weighted by Gasteiger charge is 2.51. The van der Waals surface area contributed by atoms with Gasteiger partial charge in [-0.15, -0.1) is 10.2 Å². The summed E-state index contributed by atoms with van der Waals surface area (Å²) < 4.78 is 28.4. The number of sulfonamides is 1. The largest absolute Gasteiger partial charge is 0.313 e. The van der Waals surface area contributed by atoms with Crippen LogP contribution in [0.15, 0.2) is 47.5 Å². The summed E-state index contributed by atoms with van der Waals surface area (Å²) in [5, 5.41) is 9.23. The molecule has 0 radical (unpaired) electrons. The number of nitrogens with zero attached hydrogens (tertiary/aromatic N) is 5. The van der Waals surface area contributed by atoms with Crippen LogP contribution in [0.1, 0.15) is 43.9 Å². The van der Waals surface area contributed by atoms with Crippen molar-refractivity contribution in [3.05, 3.63) is 59.8 Å². The van der Waals surface area contributed by atoms with Crippen LogP contribution in [0.25, 0.3) is 11.3 Å². The summed E-state index contributed by atoms with van der Waals surface area (Å²) in [4.78, 5) is 5.00. The maximum atomic E-state index is 12.3. The van der Waals surface area contributed by atoms with Gasteiger partial charge in [-0.3, -0.25) is 4.98 Å². The van der Waals surface area contributed by atoms with Gasteiger partial charge < -0.3 is 4.57 Å². The first-order chi connectivity index (χ1) is 15.6. The van der Waals surface area contributed by atoms with Gasteiger partial charge >= 0.3 is 0 Å². The van der Waals surface area contributed by atoms with E-state index in [2.05, 4.69) is 34.7 Å². The first kappa shape index (κ1) is 22.6. The third-order valence-electron chi connectivity index (χ3n) is 6.64. The number of aromatic nitrogens is 4. The molecule has 1 aliphatic carbocycles. The second-order valence-corrected chi connectivity index (χ2v) is 13.7. The summed E-state index contributed by atoms with van der Waals surface area (Å²) in [6.07, 6.45) is 4.99. The monoisotopic (exact) mass is 483 g/mol. The smallest absolute Gasteiger partial charge is 0.242 e. The van der Waals surface area contributed by atoms with Crippen molar-refractivity contribution in [2.45, 2.75) is 54.7 Å². The molecule has 9 heteroatoms. The molecule has 0 bridgehead atoms. The van der Waals surface area contributed by atoms with E-state index in [1.54, 1.807) is 12.1 Å². The zero-order chi connectivity index (χ0) is 23.4. The lowest BCUT2D eigenvalue weighted by atomic mass is 9.95. The van der Waals surface area contributed by atoms with Crippen molar-refractivity contribution in [2.75, 3.05) is 19.8 Å². The van der Waals surface area contributed by atoms with E-state index < -0.39 is 10.0 Å². The van der Waals surface area contributed by atoms with Crippen LogP contribution in [0.2, 0.25) is 0 Å². The topological polar surface area (TPSA) is 81.0 Å². The second kappa shape index (κ2) is 7.92. The Morgan fingerprint density at radius 2 is 1.76 bits per heavy atom. The number of benzene rings is 1. The van der Waals surface area contributed by atoms with Crippen molar-refractivity contribution < 1.29 is 8.42 Å². The molecule has 3 heterocycles. The van der Waals surface area contributed by atoms with Crippen molar-refractivity contribution >= 4 is 21.8 Å². The number of fused-ring (bicyclic) bond motifs is 1. The molecule has 2 aromatic heterocycles. The second-order valence-electron chi connectivity index (χ2n) is 9.70. The Hall–Kier alpha value is -2.23. The lowest BCUT2D eigenvalue weighted by Crippen LogP contribution is -2.22. The van der Waals surface area contributed by atoms with Crippen molar-refractivity contribution in [3.8, 4) is 11.3 Å². The molecule has 3 aromatic rings. The lowest BCUT2D eigenvalue weighted by molar-refractivity contribution is 0.521. The first-order valence-corrected chi connectivity index (χ1v) is 13.6. The van der Waals surface area contributed by atoms with Gasteiger partial charge in [-0.05, 0) is 36.6 Å². The molecule has 0 spiro atoms. The van der Waals surface area contributed by atoms with E-state index in [1.165, 1.54) is 24.0 Å². The van der Waals surface area contributed by atoms with Gasteiger partial charge in [0.1, 0.15) is 11.6 Å². The normalized spacial score (nSPS) is 19.2. The van der Waals surface area contributed by atoms with E-state index in [9.17, 15) is 8.42 Å². The van der Waals surface area contributed by atoms with Crippen molar-refractivity contribution in [2.24, 2.45) is 0 Å². The molecule has 33 heavy (non-hydrogen) atoms. The SMILES string of the molecule is CN(C)S(=O)(=O)c1ccc(-c2ccc(C3(c4nnc5n4CCSC(C)(C)C5)CC3)cn2)cc1. The van der Waals surface area contributed by atoms with Gasteiger partial charge in [-0.1, -0.05) is 32.0 Å². The predicted molar refractivity (Wildman–Crippen MR) is 131 cm³/mol. The van der Waals surface area contributed by atoms with Gasteiger partial charge in [0.05, 0.1) is 16.0 Å². The number of hydrogen-bond acceptors (Lipinski definition) is 6. The molecule has 0 saturated heterocycles. The molecule has 174 valence electrons. The van der Waals surface area contributed by atoms with E-state index in [0.717, 1.165) is 54.5 Å². The quantitative estimate of drug-likeness (QED) is 0.550. The molecule has 0 unspecified atom stereocenters. The molecule has 5 rings (SSSR count). The molecule has 2 aliphatic rings. The Morgan fingerprint density at radius 3 is 2.36 bits per heavy atom. The Balaban J connectivity index is 1.41. The molecule has 0 N–H and O–H groups in total. The Morgan fingerprint density at radius 1 is 1.03 bits per heavy atom. The van der Waals surface area contributed by atoms with Crippen LogP contribution in [0.4, 0.5) is 0 Å². The molecular weight excluding hydrogens is 454 g/mol. The molecule has 0 amide bonds. The van der Waals surface area contributed by atoms with Crippen LogP contribution >= 0.6 is 11.8 Å². The summed E-state index contributed by atoms with van der Waals surface area (Å²) in [6.45, 7) is 5.50. The van der Waals surface area contributed by atoms with Crippen LogP contribution < -0.4 is 0 Å². The highest BCUT2D eigenvalue weighted by molar-refractivity contribution is 8.00. The van der Waals surface area contributed by atoms with Crippen LogP contribution in [0.3, 0.4) is 0 Å². The number of hydrogen-bond donors (Lipinski definition) is 0. The van der Waals surface area contributed by atoms with Gasteiger partial charge in [-0.2, -0.15) is 11.8 Å². The molecule has 0 atom stereocenters. The van der Waals surface area contributed by atoms with E-state index >= 15 is 0 Å². The summed E-state index contributed by atoms with van der Waals surface area (Å²) in [7, 11) is -0.374. The third-order valence-corrected chi connectivity index (χ3v) is 9.78. The van der Waals surface area contributed by atoms with E-state index in [0.29, 0.717) is 0 Å². The fourth-order valence-electron chi connectivity index (χ4n) is 4.52. The Kier molecular flexibility index (Phi) is 5.42. The number of rotatable bonds is 5. The molecule has 1 fully saturated rings. The minimum atomic E-state index is -3.44. The molecule has 7 nitrogen and oxygen atoms in total. The predicted octanol–water partition coefficient (Wildman–Crippen LogP) is 3.74. The molecule has 1 saturated carbocycles. The Bertz CT molecular complexity index is 1280. The number of thioether (sulfide) groups is 1. The van der Waals surface area contributed by atoms with Crippen LogP contribution in [0.5, 0.6) is 0 Å². The average Bonchev–Trinajstić information content (AvgIpc) is 3.53.